The fourth-order valence-electron chi connectivity index (χ4n) is 1.44. The molecule has 0 aliphatic rings. The number of carbonyl (C=O) groups excluding carboxylic acids is 1. The molecule has 0 saturated carbocycles. The molecule has 2 rings (SSSR count). The van der Waals surface area contributed by atoms with Gasteiger partial charge in [-0.1, -0.05) is 12.1 Å². The summed E-state index contributed by atoms with van der Waals surface area (Å²) < 4.78 is 10.4. The summed E-state index contributed by atoms with van der Waals surface area (Å²) in [6.07, 6.45) is 0. The predicted molar refractivity (Wildman–Crippen MR) is 71.6 cm³/mol. The number of aromatic nitrogens is 3. The predicted octanol–water partition coefficient (Wildman–Crippen LogP) is 1.21. The number of hydrogen-bond acceptors (Lipinski definition) is 7. The Labute approximate surface area is 115 Å². The second-order valence-corrected chi connectivity index (χ2v) is 3.74. The Balaban J connectivity index is 2.30. The number of rotatable bonds is 4. The van der Waals surface area contributed by atoms with E-state index in [9.17, 15) is 4.79 Å². The molecular weight excluding hydrogens is 262 g/mol. The summed E-state index contributed by atoms with van der Waals surface area (Å²) in [5.41, 5.74) is 6.01. The summed E-state index contributed by atoms with van der Waals surface area (Å²) in [6.45, 7) is 1.40. The van der Waals surface area contributed by atoms with Gasteiger partial charge in [0, 0.05) is 6.92 Å². The summed E-state index contributed by atoms with van der Waals surface area (Å²) in [5.74, 6) is 0.146. The van der Waals surface area contributed by atoms with Crippen molar-refractivity contribution in [3.05, 3.63) is 24.3 Å². The van der Waals surface area contributed by atoms with Crippen molar-refractivity contribution in [3.8, 4) is 17.8 Å². The molecule has 8 nitrogen and oxygen atoms in total. The van der Waals surface area contributed by atoms with Crippen LogP contribution in [-0.4, -0.2) is 28.0 Å². The third-order valence-electron chi connectivity index (χ3n) is 2.19. The molecule has 0 aliphatic carbocycles. The molecule has 0 atom stereocenters. The molecule has 0 bridgehead atoms. The maximum Gasteiger partial charge on any atom is 0.330 e. The normalized spacial score (nSPS) is 9.90. The van der Waals surface area contributed by atoms with Crippen LogP contribution in [0.1, 0.15) is 6.92 Å². The van der Waals surface area contributed by atoms with Crippen molar-refractivity contribution < 1.29 is 14.3 Å². The number of para-hydroxylation sites is 2. The Hall–Kier alpha value is -2.90. The van der Waals surface area contributed by atoms with Gasteiger partial charge in [-0.05, 0) is 12.1 Å². The van der Waals surface area contributed by atoms with Crippen molar-refractivity contribution in [3.63, 3.8) is 0 Å². The van der Waals surface area contributed by atoms with Gasteiger partial charge in [0.1, 0.15) is 0 Å². The van der Waals surface area contributed by atoms with E-state index in [1.807, 2.05) is 0 Å². The second kappa shape index (κ2) is 5.83. The van der Waals surface area contributed by atoms with Crippen LogP contribution in [0.4, 0.5) is 11.6 Å². The highest BCUT2D eigenvalue weighted by molar-refractivity contribution is 5.90. The van der Waals surface area contributed by atoms with E-state index in [1.54, 1.807) is 24.3 Å². The molecule has 104 valence electrons. The fourth-order valence-corrected chi connectivity index (χ4v) is 1.44. The number of methoxy groups -OCH3 is 1. The largest absolute Gasteiger partial charge is 0.467 e. The smallest absolute Gasteiger partial charge is 0.330 e. The van der Waals surface area contributed by atoms with Gasteiger partial charge in [-0.15, -0.1) is 4.98 Å². The number of anilines is 2. The minimum atomic E-state index is -0.214. The third-order valence-corrected chi connectivity index (χ3v) is 2.19. The third kappa shape index (κ3) is 3.31. The molecule has 0 spiro atoms. The van der Waals surface area contributed by atoms with Crippen molar-refractivity contribution in [2.24, 2.45) is 0 Å². The zero-order valence-corrected chi connectivity index (χ0v) is 11.0. The van der Waals surface area contributed by atoms with Gasteiger partial charge in [0.15, 0.2) is 5.75 Å². The van der Waals surface area contributed by atoms with Crippen LogP contribution < -0.4 is 20.5 Å². The van der Waals surface area contributed by atoms with Crippen LogP contribution in [0.5, 0.6) is 17.8 Å². The highest BCUT2D eigenvalue weighted by Crippen LogP contribution is 2.28. The van der Waals surface area contributed by atoms with Crippen LogP contribution in [0.25, 0.3) is 0 Å². The van der Waals surface area contributed by atoms with Crippen molar-refractivity contribution >= 4 is 17.5 Å². The van der Waals surface area contributed by atoms with Gasteiger partial charge >= 0.3 is 12.0 Å². The molecule has 8 heteroatoms. The van der Waals surface area contributed by atoms with Crippen molar-refractivity contribution in [2.45, 2.75) is 6.92 Å². The topological polar surface area (TPSA) is 112 Å². The van der Waals surface area contributed by atoms with Crippen LogP contribution in [0, 0.1) is 0 Å². The molecule has 0 unspecified atom stereocenters. The molecule has 1 aromatic carbocycles. The maximum absolute atomic E-state index is 11.1. The van der Waals surface area contributed by atoms with Crippen molar-refractivity contribution in [1.29, 1.82) is 0 Å². The minimum Gasteiger partial charge on any atom is -0.467 e. The molecule has 1 heterocycles. The number of nitrogen functional groups attached to an aromatic ring is 1. The number of hydrogen-bond donors (Lipinski definition) is 2. The number of ether oxygens (including phenoxy) is 2. The Kier molecular flexibility index (Phi) is 3.94. The lowest BCUT2D eigenvalue weighted by molar-refractivity contribution is -0.114. The van der Waals surface area contributed by atoms with Crippen molar-refractivity contribution in [1.82, 2.24) is 15.0 Å². The van der Waals surface area contributed by atoms with Crippen LogP contribution in [0.2, 0.25) is 0 Å². The van der Waals surface area contributed by atoms with E-state index in [0.29, 0.717) is 11.4 Å². The lowest BCUT2D eigenvalue weighted by atomic mass is 10.3. The van der Waals surface area contributed by atoms with E-state index in [-0.39, 0.29) is 23.9 Å². The van der Waals surface area contributed by atoms with Crippen LogP contribution >= 0.6 is 0 Å². The van der Waals surface area contributed by atoms with E-state index in [4.69, 9.17) is 15.2 Å². The maximum atomic E-state index is 11.1. The monoisotopic (exact) mass is 275 g/mol. The molecule has 1 amide bonds. The molecule has 0 fully saturated rings. The first-order chi connectivity index (χ1) is 9.58. The summed E-state index contributed by atoms with van der Waals surface area (Å²) >= 11 is 0. The van der Waals surface area contributed by atoms with Crippen LogP contribution in [0.15, 0.2) is 24.3 Å². The Morgan fingerprint density at radius 1 is 1.20 bits per heavy atom. The number of amides is 1. The molecule has 2 aromatic rings. The Morgan fingerprint density at radius 3 is 2.60 bits per heavy atom. The highest BCUT2D eigenvalue weighted by Gasteiger charge is 2.10. The number of nitrogens with two attached hydrogens (primary N) is 1. The molecule has 1 aromatic heterocycles. The standard InChI is InChI=1S/C12H13N5O3/c1-7(18)14-8-5-3-4-6-9(8)20-12-16-10(13)15-11(17-12)19-2/h3-6H,1-2H3,(H,14,18)(H2,13,15,16,17). The Morgan fingerprint density at radius 2 is 1.90 bits per heavy atom. The van der Waals surface area contributed by atoms with Gasteiger partial charge in [0.05, 0.1) is 12.8 Å². The number of nitrogens with one attached hydrogen (secondary N) is 1. The summed E-state index contributed by atoms with van der Waals surface area (Å²) in [6, 6.07) is 6.90. The average molecular weight is 275 g/mol. The molecule has 20 heavy (non-hydrogen) atoms. The van der Waals surface area contributed by atoms with Gasteiger partial charge in [-0.25, -0.2) is 0 Å². The van der Waals surface area contributed by atoms with E-state index in [2.05, 4.69) is 20.3 Å². The zero-order chi connectivity index (χ0) is 14.5. The lowest BCUT2D eigenvalue weighted by Crippen LogP contribution is -2.08. The lowest BCUT2D eigenvalue weighted by Gasteiger charge is -2.10. The van der Waals surface area contributed by atoms with Gasteiger partial charge < -0.3 is 20.5 Å². The fraction of sp³-hybridized carbons (Fsp3) is 0.167. The first-order valence-electron chi connectivity index (χ1n) is 5.68. The molecule has 0 saturated heterocycles. The molecule has 0 radical (unpaired) electrons. The van der Waals surface area contributed by atoms with Crippen LogP contribution in [-0.2, 0) is 4.79 Å². The van der Waals surface area contributed by atoms with Gasteiger partial charge in [-0.3, -0.25) is 4.79 Å². The number of nitrogens with zero attached hydrogens (tertiary/aromatic N) is 3. The number of benzene rings is 1. The van der Waals surface area contributed by atoms with Crippen LogP contribution in [0.3, 0.4) is 0 Å². The highest BCUT2D eigenvalue weighted by atomic mass is 16.5. The summed E-state index contributed by atoms with van der Waals surface area (Å²) in [7, 11) is 1.41. The second-order valence-electron chi connectivity index (χ2n) is 3.74. The Bertz CT molecular complexity index is 632. The molecular formula is C12H13N5O3. The van der Waals surface area contributed by atoms with Gasteiger partial charge in [-0.2, -0.15) is 9.97 Å². The van der Waals surface area contributed by atoms with Gasteiger partial charge in [0.25, 0.3) is 0 Å². The molecule has 0 aliphatic heterocycles. The first kappa shape index (κ1) is 13.5. The van der Waals surface area contributed by atoms with E-state index in [1.165, 1.54) is 14.0 Å². The van der Waals surface area contributed by atoms with E-state index in [0.717, 1.165) is 0 Å². The number of carbonyl (C=O) groups is 1. The molecule has 3 N–H and O–H groups in total. The minimum absolute atomic E-state index is 0.0212. The van der Waals surface area contributed by atoms with Crippen molar-refractivity contribution in [2.75, 3.05) is 18.2 Å². The summed E-state index contributed by atoms with van der Waals surface area (Å²) in [4.78, 5) is 22.6. The van der Waals surface area contributed by atoms with E-state index < -0.39 is 0 Å². The van der Waals surface area contributed by atoms with E-state index >= 15 is 0 Å². The first-order valence-corrected chi connectivity index (χ1v) is 5.68. The average Bonchev–Trinajstić information content (AvgIpc) is 2.39. The summed E-state index contributed by atoms with van der Waals surface area (Å²) in [5, 5.41) is 2.64. The zero-order valence-electron chi connectivity index (χ0n) is 11.0. The SMILES string of the molecule is COc1nc(N)nc(Oc2ccccc2NC(C)=O)n1. The van der Waals surface area contributed by atoms with Gasteiger partial charge in [0.2, 0.25) is 11.9 Å². The quantitative estimate of drug-likeness (QED) is 0.862.